The zero-order chi connectivity index (χ0) is 17.5. The van der Waals surface area contributed by atoms with Crippen molar-refractivity contribution in [1.29, 1.82) is 0 Å². The molecule has 3 rings (SSSR count). The van der Waals surface area contributed by atoms with Gasteiger partial charge in [0.05, 0.1) is 6.61 Å². The number of ether oxygens (including phenoxy) is 2. The largest absolute Gasteiger partial charge is 0.474 e. The standard InChI is InChI=1S/C19H30N4O2.HI/c1-20-19(23(2)13-15-9-11-24-14-15)22-12-16-6-5-10-21-18(16)25-17-7-3-4-8-17;/h5-6,10,15,17H,3-4,7-9,11-14H2,1-2H3,(H,20,22);1H. The van der Waals surface area contributed by atoms with E-state index in [2.05, 4.69) is 33.3 Å². The fourth-order valence-corrected chi connectivity index (χ4v) is 3.59. The predicted molar refractivity (Wildman–Crippen MR) is 114 cm³/mol. The Morgan fingerprint density at radius 3 is 2.88 bits per heavy atom. The van der Waals surface area contributed by atoms with Gasteiger partial charge in [0.25, 0.3) is 0 Å². The Balaban J connectivity index is 0.00000243. The second-order valence-electron chi connectivity index (χ2n) is 7.00. The number of halogens is 1. The Morgan fingerprint density at radius 1 is 1.38 bits per heavy atom. The van der Waals surface area contributed by atoms with Crippen LogP contribution in [0, 0.1) is 5.92 Å². The van der Waals surface area contributed by atoms with E-state index in [4.69, 9.17) is 9.47 Å². The minimum Gasteiger partial charge on any atom is -0.474 e. The molecule has 0 spiro atoms. The number of guanidine groups is 1. The zero-order valence-corrected chi connectivity index (χ0v) is 18.1. The third kappa shape index (κ3) is 5.97. The molecular formula is C19H31IN4O2. The molecule has 1 aliphatic carbocycles. The first-order chi connectivity index (χ1) is 12.3. The summed E-state index contributed by atoms with van der Waals surface area (Å²) in [6, 6.07) is 4.03. The molecule has 2 aliphatic rings. The molecule has 1 aromatic rings. The molecule has 0 bridgehead atoms. The van der Waals surface area contributed by atoms with E-state index in [9.17, 15) is 0 Å². The summed E-state index contributed by atoms with van der Waals surface area (Å²) in [6.45, 7) is 3.34. The average molecular weight is 474 g/mol. The maximum Gasteiger partial charge on any atom is 0.218 e. The Morgan fingerprint density at radius 2 is 2.19 bits per heavy atom. The van der Waals surface area contributed by atoms with Crippen LogP contribution in [-0.4, -0.2) is 55.8 Å². The van der Waals surface area contributed by atoms with Gasteiger partial charge < -0.3 is 19.7 Å². The molecule has 0 aromatic carbocycles. The number of pyridine rings is 1. The second-order valence-corrected chi connectivity index (χ2v) is 7.00. The number of aromatic nitrogens is 1. The molecule has 146 valence electrons. The summed E-state index contributed by atoms with van der Waals surface area (Å²) in [4.78, 5) is 11.0. The molecule has 0 amide bonds. The number of aliphatic imine (C=N–C) groups is 1. The first-order valence-electron chi connectivity index (χ1n) is 9.36. The van der Waals surface area contributed by atoms with Gasteiger partial charge >= 0.3 is 0 Å². The van der Waals surface area contributed by atoms with Crippen LogP contribution >= 0.6 is 24.0 Å². The highest BCUT2D eigenvalue weighted by atomic mass is 127. The number of hydrogen-bond donors (Lipinski definition) is 1. The SMILES string of the molecule is CN=C(NCc1cccnc1OC1CCCC1)N(C)CC1CCOC1.I. The summed E-state index contributed by atoms with van der Waals surface area (Å²) >= 11 is 0. The van der Waals surface area contributed by atoms with E-state index in [1.54, 1.807) is 6.20 Å². The summed E-state index contributed by atoms with van der Waals surface area (Å²) in [5.41, 5.74) is 1.08. The van der Waals surface area contributed by atoms with Crippen LogP contribution in [0.5, 0.6) is 5.88 Å². The van der Waals surface area contributed by atoms with Crippen LogP contribution in [0.1, 0.15) is 37.7 Å². The van der Waals surface area contributed by atoms with Crippen LogP contribution in [0.15, 0.2) is 23.3 Å². The number of rotatable bonds is 6. The molecule has 0 radical (unpaired) electrons. The molecule has 2 fully saturated rings. The molecule has 1 aliphatic heterocycles. The summed E-state index contributed by atoms with van der Waals surface area (Å²) < 4.78 is 11.6. The molecule has 1 aromatic heterocycles. The zero-order valence-electron chi connectivity index (χ0n) is 15.8. The van der Waals surface area contributed by atoms with Crippen LogP contribution in [0.4, 0.5) is 0 Å². The summed E-state index contributed by atoms with van der Waals surface area (Å²) in [5.74, 6) is 2.23. The lowest BCUT2D eigenvalue weighted by Crippen LogP contribution is -2.41. The Kier molecular flexibility index (Phi) is 8.90. The van der Waals surface area contributed by atoms with Gasteiger partial charge in [-0.25, -0.2) is 4.98 Å². The summed E-state index contributed by atoms with van der Waals surface area (Å²) in [6.07, 6.45) is 8.03. The van der Waals surface area contributed by atoms with Gasteiger partial charge in [0, 0.05) is 51.5 Å². The van der Waals surface area contributed by atoms with Gasteiger partial charge in [-0.05, 0) is 38.2 Å². The van der Waals surface area contributed by atoms with Crippen molar-refractivity contribution in [2.45, 2.75) is 44.8 Å². The summed E-state index contributed by atoms with van der Waals surface area (Å²) in [5, 5.41) is 3.44. The lowest BCUT2D eigenvalue weighted by Gasteiger charge is -2.25. The lowest BCUT2D eigenvalue weighted by molar-refractivity contribution is 0.181. The van der Waals surface area contributed by atoms with Crippen molar-refractivity contribution in [3.05, 3.63) is 23.9 Å². The van der Waals surface area contributed by atoms with Crippen molar-refractivity contribution in [1.82, 2.24) is 15.2 Å². The molecule has 2 heterocycles. The van der Waals surface area contributed by atoms with E-state index in [1.807, 2.05) is 13.1 Å². The fraction of sp³-hybridized carbons (Fsp3) is 0.684. The van der Waals surface area contributed by atoms with Gasteiger partial charge in [0.15, 0.2) is 5.96 Å². The van der Waals surface area contributed by atoms with Crippen LogP contribution in [0.25, 0.3) is 0 Å². The molecule has 1 N–H and O–H groups in total. The van der Waals surface area contributed by atoms with Crippen molar-refractivity contribution in [3.8, 4) is 5.88 Å². The lowest BCUT2D eigenvalue weighted by atomic mass is 10.1. The first kappa shape index (κ1) is 21.2. The number of nitrogens with zero attached hydrogens (tertiary/aromatic N) is 3. The summed E-state index contributed by atoms with van der Waals surface area (Å²) in [7, 11) is 3.90. The highest BCUT2D eigenvalue weighted by Gasteiger charge is 2.20. The predicted octanol–water partition coefficient (Wildman–Crippen LogP) is 3.06. The molecule has 1 unspecified atom stereocenters. The normalized spacial score (nSPS) is 20.7. The monoisotopic (exact) mass is 474 g/mol. The minimum atomic E-state index is 0. The van der Waals surface area contributed by atoms with Crippen molar-refractivity contribution in [3.63, 3.8) is 0 Å². The smallest absolute Gasteiger partial charge is 0.218 e. The van der Waals surface area contributed by atoms with E-state index in [1.165, 1.54) is 12.8 Å². The van der Waals surface area contributed by atoms with E-state index < -0.39 is 0 Å². The second kappa shape index (κ2) is 10.9. The van der Waals surface area contributed by atoms with E-state index in [-0.39, 0.29) is 24.0 Å². The molecule has 1 saturated carbocycles. The molecule has 26 heavy (non-hydrogen) atoms. The molecule has 7 heteroatoms. The van der Waals surface area contributed by atoms with Crippen LogP contribution < -0.4 is 10.1 Å². The molecule has 6 nitrogen and oxygen atoms in total. The van der Waals surface area contributed by atoms with Gasteiger partial charge in [0.1, 0.15) is 6.10 Å². The van der Waals surface area contributed by atoms with Gasteiger partial charge in [-0.2, -0.15) is 0 Å². The first-order valence-corrected chi connectivity index (χ1v) is 9.36. The van der Waals surface area contributed by atoms with Crippen LogP contribution in [0.3, 0.4) is 0 Å². The minimum absolute atomic E-state index is 0. The quantitative estimate of drug-likeness (QED) is 0.390. The topological polar surface area (TPSA) is 59.0 Å². The van der Waals surface area contributed by atoms with Gasteiger partial charge in [-0.3, -0.25) is 4.99 Å². The molecular weight excluding hydrogens is 443 g/mol. The number of nitrogens with one attached hydrogen (secondary N) is 1. The van der Waals surface area contributed by atoms with Crippen molar-refractivity contribution < 1.29 is 9.47 Å². The average Bonchev–Trinajstić information content (AvgIpc) is 3.31. The third-order valence-corrected chi connectivity index (χ3v) is 5.00. The number of hydrogen-bond acceptors (Lipinski definition) is 4. The van der Waals surface area contributed by atoms with Crippen molar-refractivity contribution >= 4 is 29.9 Å². The highest BCUT2D eigenvalue weighted by molar-refractivity contribution is 14.0. The van der Waals surface area contributed by atoms with Gasteiger partial charge in [-0.15, -0.1) is 24.0 Å². The maximum atomic E-state index is 6.12. The van der Waals surface area contributed by atoms with Crippen molar-refractivity contribution in [2.75, 3.05) is 33.9 Å². The Bertz CT molecular complexity index is 572. The van der Waals surface area contributed by atoms with E-state index in [0.717, 1.165) is 56.4 Å². The van der Waals surface area contributed by atoms with E-state index in [0.29, 0.717) is 18.6 Å². The highest BCUT2D eigenvalue weighted by Crippen LogP contribution is 2.25. The van der Waals surface area contributed by atoms with Crippen LogP contribution in [-0.2, 0) is 11.3 Å². The molecule has 1 saturated heterocycles. The maximum absolute atomic E-state index is 6.12. The van der Waals surface area contributed by atoms with Crippen LogP contribution in [0.2, 0.25) is 0 Å². The fourth-order valence-electron chi connectivity index (χ4n) is 3.59. The van der Waals surface area contributed by atoms with Gasteiger partial charge in [0.2, 0.25) is 5.88 Å². The van der Waals surface area contributed by atoms with Crippen molar-refractivity contribution in [2.24, 2.45) is 10.9 Å². The van der Waals surface area contributed by atoms with Gasteiger partial charge in [-0.1, -0.05) is 6.07 Å². The Hall–Kier alpha value is -1.09. The third-order valence-electron chi connectivity index (χ3n) is 5.00. The Labute approximate surface area is 173 Å². The van der Waals surface area contributed by atoms with E-state index >= 15 is 0 Å². The molecule has 1 atom stereocenters.